The minimum Gasteiger partial charge on any atom is -0.394 e. The Labute approximate surface area is 61.7 Å². The van der Waals surface area contributed by atoms with E-state index in [0.29, 0.717) is 0 Å². The zero-order valence-corrected chi connectivity index (χ0v) is 7.01. The van der Waals surface area contributed by atoms with Crippen molar-refractivity contribution in [1.82, 2.24) is 0 Å². The Morgan fingerprint density at radius 3 is 2.40 bits per heavy atom. The van der Waals surface area contributed by atoms with Crippen molar-refractivity contribution >= 4 is 8.56 Å². The normalized spacial score (nSPS) is 43.5. The summed E-state index contributed by atoms with van der Waals surface area (Å²) in [7, 11) is -1.52. The molecule has 2 fully saturated rings. The second kappa shape index (κ2) is 2.30. The molecular weight excluding hydrogens is 146 g/mol. The smallest absolute Gasteiger partial charge is 0.346 e. The van der Waals surface area contributed by atoms with Crippen LogP contribution >= 0.6 is 0 Å². The highest BCUT2D eigenvalue weighted by Gasteiger charge is 2.60. The maximum atomic E-state index is 5.48. The van der Waals surface area contributed by atoms with E-state index in [0.717, 1.165) is 37.8 Å². The fourth-order valence-corrected chi connectivity index (χ4v) is 4.59. The Morgan fingerprint density at radius 2 is 2.10 bits per heavy atom. The van der Waals surface area contributed by atoms with Gasteiger partial charge in [0.25, 0.3) is 0 Å². The van der Waals surface area contributed by atoms with Crippen LogP contribution in [0.15, 0.2) is 0 Å². The van der Waals surface area contributed by atoms with Crippen LogP contribution in [0.1, 0.15) is 6.42 Å². The Morgan fingerprint density at radius 1 is 1.40 bits per heavy atom. The molecule has 2 N–H and O–H groups in total. The molecule has 0 unspecified atom stereocenters. The van der Waals surface area contributed by atoms with Crippen LogP contribution in [0.5, 0.6) is 0 Å². The molecule has 2 aliphatic rings. The summed E-state index contributed by atoms with van der Waals surface area (Å²) >= 11 is 0. The molecule has 0 aliphatic carbocycles. The molecule has 0 atom stereocenters. The topological polar surface area (TPSA) is 44.5 Å². The van der Waals surface area contributed by atoms with Crippen LogP contribution in [-0.2, 0) is 8.85 Å². The quantitative estimate of drug-likeness (QED) is 0.599. The zero-order valence-electron chi connectivity index (χ0n) is 6.01. The van der Waals surface area contributed by atoms with Crippen LogP contribution in [0.4, 0.5) is 0 Å². The Kier molecular flexibility index (Phi) is 1.56. The molecule has 10 heavy (non-hydrogen) atoms. The van der Waals surface area contributed by atoms with Gasteiger partial charge in [0.2, 0.25) is 0 Å². The summed E-state index contributed by atoms with van der Waals surface area (Å²) in [5, 5.41) is 0. The van der Waals surface area contributed by atoms with Gasteiger partial charge in [-0.15, -0.1) is 0 Å². The lowest BCUT2D eigenvalue weighted by Crippen LogP contribution is -2.67. The SMILES string of the molecule is NCCC[Si]12OCC1CO2. The highest BCUT2D eigenvalue weighted by molar-refractivity contribution is 6.73. The van der Waals surface area contributed by atoms with Gasteiger partial charge in [0, 0.05) is 18.8 Å². The van der Waals surface area contributed by atoms with Gasteiger partial charge in [0.1, 0.15) is 0 Å². The predicted molar refractivity (Wildman–Crippen MR) is 39.9 cm³/mol. The molecule has 0 saturated carbocycles. The van der Waals surface area contributed by atoms with Gasteiger partial charge in [-0.1, -0.05) is 0 Å². The molecule has 3 nitrogen and oxygen atoms in total. The predicted octanol–water partition coefficient (Wildman–Crippen LogP) is 0.208. The van der Waals surface area contributed by atoms with Crippen LogP contribution < -0.4 is 5.73 Å². The van der Waals surface area contributed by atoms with Crippen LogP contribution in [0.2, 0.25) is 11.6 Å². The van der Waals surface area contributed by atoms with E-state index in [2.05, 4.69) is 0 Å². The summed E-state index contributed by atoms with van der Waals surface area (Å²) in [5.74, 6) is 0. The van der Waals surface area contributed by atoms with Crippen LogP contribution in [0, 0.1) is 0 Å². The molecule has 0 radical (unpaired) electrons. The molecule has 2 rings (SSSR count). The first kappa shape index (κ1) is 6.79. The van der Waals surface area contributed by atoms with Crippen LogP contribution in [0.25, 0.3) is 0 Å². The third kappa shape index (κ3) is 0.764. The first-order chi connectivity index (χ1) is 4.87. The second-order valence-corrected chi connectivity index (χ2v) is 6.54. The van der Waals surface area contributed by atoms with Gasteiger partial charge in [0.15, 0.2) is 0 Å². The molecule has 0 aromatic carbocycles. The average Bonchev–Trinajstić information content (AvgIpc) is 1.95. The zero-order chi connectivity index (χ0) is 7.03. The summed E-state index contributed by atoms with van der Waals surface area (Å²) in [6.07, 6.45) is 1.07. The third-order valence-electron chi connectivity index (χ3n) is 2.41. The van der Waals surface area contributed by atoms with Gasteiger partial charge in [-0.3, -0.25) is 0 Å². The largest absolute Gasteiger partial charge is 0.394 e. The van der Waals surface area contributed by atoms with E-state index in [-0.39, 0.29) is 0 Å². The molecule has 2 saturated heterocycles. The highest BCUT2D eigenvalue weighted by atomic mass is 28.4. The van der Waals surface area contributed by atoms with Crippen molar-refractivity contribution in [3.05, 3.63) is 0 Å². The summed E-state index contributed by atoms with van der Waals surface area (Å²) in [5.41, 5.74) is 6.21. The lowest BCUT2D eigenvalue weighted by atomic mass is 10.4. The van der Waals surface area contributed by atoms with Gasteiger partial charge in [-0.05, 0) is 19.0 Å². The Balaban J connectivity index is 1.80. The van der Waals surface area contributed by atoms with E-state index >= 15 is 0 Å². The van der Waals surface area contributed by atoms with E-state index in [4.69, 9.17) is 14.6 Å². The molecule has 0 bridgehead atoms. The summed E-state index contributed by atoms with van der Waals surface area (Å²) in [6.45, 7) is 2.68. The van der Waals surface area contributed by atoms with Crippen molar-refractivity contribution in [2.45, 2.75) is 18.0 Å². The minimum absolute atomic E-state index is 0.772. The average molecular weight is 159 g/mol. The maximum Gasteiger partial charge on any atom is 0.346 e. The van der Waals surface area contributed by atoms with Crippen molar-refractivity contribution in [2.24, 2.45) is 5.73 Å². The van der Waals surface area contributed by atoms with Gasteiger partial charge in [-0.25, -0.2) is 0 Å². The van der Waals surface area contributed by atoms with Gasteiger partial charge in [-0.2, -0.15) is 0 Å². The molecule has 4 heteroatoms. The van der Waals surface area contributed by atoms with Crippen LogP contribution in [0.3, 0.4) is 0 Å². The number of hydrogen-bond donors (Lipinski definition) is 1. The van der Waals surface area contributed by atoms with Crippen molar-refractivity contribution in [3.8, 4) is 0 Å². The van der Waals surface area contributed by atoms with E-state index in [1.54, 1.807) is 0 Å². The van der Waals surface area contributed by atoms with Crippen molar-refractivity contribution < 1.29 is 8.85 Å². The van der Waals surface area contributed by atoms with Crippen molar-refractivity contribution in [1.29, 1.82) is 0 Å². The molecular formula is C6H13NO2Si. The third-order valence-corrected chi connectivity index (χ3v) is 6.35. The van der Waals surface area contributed by atoms with Crippen LogP contribution in [-0.4, -0.2) is 28.3 Å². The standard InChI is InChI=1S/C6H13NO2Si/c7-2-1-3-10-6(4-8-10)5-9-10/h6H,1-5,7H2. The highest BCUT2D eigenvalue weighted by Crippen LogP contribution is 2.47. The van der Waals surface area contributed by atoms with Crippen molar-refractivity contribution in [2.75, 3.05) is 19.8 Å². The number of nitrogens with two attached hydrogens (primary N) is 1. The van der Waals surface area contributed by atoms with E-state index < -0.39 is 8.56 Å². The Hall–Kier alpha value is 0.0969. The maximum absolute atomic E-state index is 5.48. The van der Waals surface area contributed by atoms with E-state index in [9.17, 15) is 0 Å². The second-order valence-electron chi connectivity index (χ2n) is 3.02. The first-order valence-electron chi connectivity index (χ1n) is 3.85. The molecule has 0 aromatic heterocycles. The molecule has 2 heterocycles. The number of hydrogen-bond acceptors (Lipinski definition) is 3. The molecule has 0 spiro atoms. The molecule has 0 aromatic rings. The number of fused-ring (bicyclic) bond motifs is 1. The summed E-state index contributed by atoms with van der Waals surface area (Å²) in [4.78, 5) is 0. The number of rotatable bonds is 3. The lowest BCUT2D eigenvalue weighted by molar-refractivity contribution is 0.00245. The van der Waals surface area contributed by atoms with E-state index in [1.165, 1.54) is 0 Å². The fraction of sp³-hybridized carbons (Fsp3) is 1.00. The van der Waals surface area contributed by atoms with Gasteiger partial charge < -0.3 is 14.6 Å². The molecule has 0 amide bonds. The van der Waals surface area contributed by atoms with Gasteiger partial charge in [0.05, 0.1) is 0 Å². The summed E-state index contributed by atoms with van der Waals surface area (Å²) < 4.78 is 11.0. The van der Waals surface area contributed by atoms with Gasteiger partial charge >= 0.3 is 8.56 Å². The van der Waals surface area contributed by atoms with Crippen molar-refractivity contribution in [3.63, 3.8) is 0 Å². The van der Waals surface area contributed by atoms with E-state index in [1.807, 2.05) is 0 Å². The monoisotopic (exact) mass is 159 g/mol. The fourth-order valence-electron chi connectivity index (χ4n) is 1.56. The minimum atomic E-state index is -1.52. The summed E-state index contributed by atoms with van der Waals surface area (Å²) in [6, 6.07) is 1.12. The first-order valence-corrected chi connectivity index (χ1v) is 5.95. The molecule has 58 valence electrons. The Bertz CT molecular complexity index is 134. The molecule has 2 aliphatic heterocycles. The lowest BCUT2D eigenvalue weighted by Gasteiger charge is -2.54.